The molecule has 22 heavy (non-hydrogen) atoms. The number of amides is 1. The lowest BCUT2D eigenvalue weighted by molar-refractivity contribution is -0.120. The van der Waals surface area contributed by atoms with Crippen LogP contribution in [0.25, 0.3) is 5.69 Å². The maximum absolute atomic E-state index is 12.2. The van der Waals surface area contributed by atoms with Gasteiger partial charge in [0.05, 0.1) is 18.1 Å². The van der Waals surface area contributed by atoms with E-state index in [1.165, 1.54) is 0 Å². The van der Waals surface area contributed by atoms with Crippen LogP contribution in [0.1, 0.15) is 24.7 Å². The number of hydrogen-bond acceptors (Lipinski definition) is 3. The summed E-state index contributed by atoms with van der Waals surface area (Å²) in [6.07, 6.45) is 2.60. The van der Waals surface area contributed by atoms with Gasteiger partial charge >= 0.3 is 0 Å². The summed E-state index contributed by atoms with van der Waals surface area (Å²) in [5.74, 6) is 0.0231. The Kier molecular flexibility index (Phi) is 4.98. The molecule has 0 bridgehead atoms. The summed E-state index contributed by atoms with van der Waals surface area (Å²) in [4.78, 5) is 18.5. The minimum Gasteiger partial charge on any atom is -0.325 e. The molecule has 1 N–H and O–H groups in total. The van der Waals surface area contributed by atoms with Gasteiger partial charge in [0.1, 0.15) is 0 Å². The van der Waals surface area contributed by atoms with Crippen molar-refractivity contribution in [1.82, 2.24) is 14.5 Å². The molecule has 5 heteroatoms. The monoisotopic (exact) mass is 300 g/mol. The lowest BCUT2D eigenvalue weighted by Crippen LogP contribution is -2.39. The van der Waals surface area contributed by atoms with Crippen molar-refractivity contribution in [2.45, 2.75) is 33.2 Å². The van der Waals surface area contributed by atoms with Gasteiger partial charge in [-0.3, -0.25) is 9.69 Å². The van der Waals surface area contributed by atoms with Crippen molar-refractivity contribution >= 4 is 11.6 Å². The molecule has 2 rings (SSSR count). The highest BCUT2D eigenvalue weighted by atomic mass is 16.2. The van der Waals surface area contributed by atoms with E-state index in [0.717, 1.165) is 29.2 Å². The molecule has 2 aromatic rings. The Labute approximate surface area is 132 Å². The number of nitrogens with zero attached hydrogens (tertiary/aromatic N) is 3. The summed E-state index contributed by atoms with van der Waals surface area (Å²) in [6, 6.07) is 7.70. The van der Waals surface area contributed by atoms with Crippen LogP contribution in [0.2, 0.25) is 0 Å². The van der Waals surface area contributed by atoms with Crippen LogP contribution in [-0.2, 0) is 4.79 Å². The first-order valence-corrected chi connectivity index (χ1v) is 7.52. The first kappa shape index (κ1) is 16.2. The van der Waals surface area contributed by atoms with Crippen LogP contribution in [0.15, 0.2) is 30.6 Å². The SMILES string of the molecule is CC[C@@H](C(=O)Nc1ccc(-n2cnc(C)c2C)cc1)N(C)C. The quantitative estimate of drug-likeness (QED) is 0.923. The fraction of sp³-hybridized carbons (Fsp3) is 0.412. The van der Waals surface area contributed by atoms with Crippen molar-refractivity contribution in [3.63, 3.8) is 0 Å². The molecule has 0 unspecified atom stereocenters. The maximum atomic E-state index is 12.2. The van der Waals surface area contributed by atoms with Crippen LogP contribution >= 0.6 is 0 Å². The number of aromatic nitrogens is 2. The second kappa shape index (κ2) is 6.75. The van der Waals surface area contributed by atoms with Gasteiger partial charge in [-0.05, 0) is 58.6 Å². The minimum absolute atomic E-state index is 0.0231. The lowest BCUT2D eigenvalue weighted by Gasteiger charge is -2.21. The zero-order valence-electron chi connectivity index (χ0n) is 13.9. The van der Waals surface area contributed by atoms with Crippen molar-refractivity contribution < 1.29 is 4.79 Å². The maximum Gasteiger partial charge on any atom is 0.241 e. The largest absolute Gasteiger partial charge is 0.325 e. The van der Waals surface area contributed by atoms with Gasteiger partial charge in [0, 0.05) is 17.1 Å². The Morgan fingerprint density at radius 3 is 2.36 bits per heavy atom. The summed E-state index contributed by atoms with van der Waals surface area (Å²) < 4.78 is 2.04. The number of carbonyl (C=O) groups excluding carboxylic acids is 1. The number of hydrogen-bond donors (Lipinski definition) is 1. The Morgan fingerprint density at radius 2 is 1.91 bits per heavy atom. The van der Waals surface area contributed by atoms with Gasteiger partial charge in [0.2, 0.25) is 5.91 Å². The van der Waals surface area contributed by atoms with Crippen LogP contribution in [0.4, 0.5) is 5.69 Å². The van der Waals surface area contributed by atoms with Crippen LogP contribution < -0.4 is 5.32 Å². The Morgan fingerprint density at radius 1 is 1.27 bits per heavy atom. The van der Waals surface area contributed by atoms with Crippen molar-refractivity contribution in [2.24, 2.45) is 0 Å². The third-order valence-corrected chi connectivity index (χ3v) is 3.98. The van der Waals surface area contributed by atoms with E-state index in [4.69, 9.17) is 0 Å². The van der Waals surface area contributed by atoms with Gasteiger partial charge < -0.3 is 9.88 Å². The second-order valence-corrected chi connectivity index (χ2v) is 5.71. The van der Waals surface area contributed by atoms with E-state index in [1.54, 1.807) is 0 Å². The van der Waals surface area contributed by atoms with E-state index in [0.29, 0.717) is 0 Å². The molecule has 0 aliphatic heterocycles. The predicted molar refractivity (Wildman–Crippen MR) is 89.4 cm³/mol. The fourth-order valence-corrected chi connectivity index (χ4v) is 2.47. The normalized spacial score (nSPS) is 12.5. The first-order valence-electron chi connectivity index (χ1n) is 7.52. The van der Waals surface area contributed by atoms with Crippen LogP contribution in [-0.4, -0.2) is 40.5 Å². The van der Waals surface area contributed by atoms with E-state index in [-0.39, 0.29) is 11.9 Å². The lowest BCUT2D eigenvalue weighted by atomic mass is 10.2. The smallest absolute Gasteiger partial charge is 0.241 e. The third kappa shape index (κ3) is 3.36. The predicted octanol–water partition coefficient (Wildman–Crippen LogP) is 2.77. The molecule has 1 aromatic heterocycles. The third-order valence-electron chi connectivity index (χ3n) is 3.98. The molecule has 0 aliphatic rings. The second-order valence-electron chi connectivity index (χ2n) is 5.71. The van der Waals surface area contributed by atoms with Gasteiger partial charge in [0.25, 0.3) is 0 Å². The molecule has 0 fully saturated rings. The molecule has 0 saturated heterocycles. The molecule has 1 amide bonds. The molecule has 1 atom stereocenters. The summed E-state index contributed by atoms with van der Waals surface area (Å²) >= 11 is 0. The number of carbonyl (C=O) groups is 1. The van der Waals surface area contributed by atoms with E-state index in [9.17, 15) is 4.79 Å². The summed E-state index contributed by atoms with van der Waals surface area (Å²) in [5.41, 5.74) is 3.99. The minimum atomic E-state index is -0.113. The van der Waals surface area contributed by atoms with Crippen molar-refractivity contribution in [2.75, 3.05) is 19.4 Å². The molecule has 0 aliphatic carbocycles. The topological polar surface area (TPSA) is 50.2 Å². The molecular weight excluding hydrogens is 276 g/mol. The number of rotatable bonds is 5. The Bertz CT molecular complexity index is 643. The number of imidazole rings is 1. The van der Waals surface area contributed by atoms with E-state index < -0.39 is 0 Å². The van der Waals surface area contributed by atoms with Crippen molar-refractivity contribution in [3.8, 4) is 5.69 Å². The van der Waals surface area contributed by atoms with E-state index in [2.05, 4.69) is 10.3 Å². The van der Waals surface area contributed by atoms with Crippen molar-refractivity contribution in [3.05, 3.63) is 42.0 Å². The fourth-order valence-electron chi connectivity index (χ4n) is 2.47. The summed E-state index contributed by atoms with van der Waals surface area (Å²) in [7, 11) is 3.84. The van der Waals surface area contributed by atoms with Gasteiger partial charge in [-0.15, -0.1) is 0 Å². The summed E-state index contributed by atoms with van der Waals surface area (Å²) in [5, 5.41) is 2.97. The number of likely N-dealkylation sites (N-methyl/N-ethyl adjacent to an activating group) is 1. The standard InChI is InChI=1S/C17H24N4O/c1-6-16(20(4)5)17(22)19-14-7-9-15(10-8-14)21-11-18-12(2)13(21)3/h7-11,16H,6H2,1-5H3,(H,19,22)/t16-/m0/s1. The van der Waals surface area contributed by atoms with Gasteiger partial charge in [0.15, 0.2) is 0 Å². The zero-order chi connectivity index (χ0) is 16.3. The van der Waals surface area contributed by atoms with E-state index >= 15 is 0 Å². The molecule has 0 spiro atoms. The van der Waals surface area contributed by atoms with Gasteiger partial charge in [-0.2, -0.15) is 0 Å². The van der Waals surface area contributed by atoms with E-state index in [1.807, 2.05) is 74.9 Å². The van der Waals surface area contributed by atoms with Crippen molar-refractivity contribution in [1.29, 1.82) is 0 Å². The highest BCUT2D eigenvalue weighted by molar-refractivity contribution is 5.94. The van der Waals surface area contributed by atoms with Crippen LogP contribution in [0.5, 0.6) is 0 Å². The number of aryl methyl sites for hydroxylation is 1. The Hall–Kier alpha value is -2.14. The molecule has 5 nitrogen and oxygen atoms in total. The highest BCUT2D eigenvalue weighted by Crippen LogP contribution is 2.17. The molecule has 118 valence electrons. The highest BCUT2D eigenvalue weighted by Gasteiger charge is 2.18. The number of anilines is 1. The van der Waals surface area contributed by atoms with Crippen LogP contribution in [0, 0.1) is 13.8 Å². The zero-order valence-corrected chi connectivity index (χ0v) is 13.9. The Balaban J connectivity index is 2.12. The molecule has 0 saturated carbocycles. The average Bonchev–Trinajstić information content (AvgIpc) is 2.80. The van der Waals surface area contributed by atoms with Gasteiger partial charge in [-0.25, -0.2) is 4.98 Å². The number of nitrogens with one attached hydrogen (secondary N) is 1. The molecular formula is C17H24N4O. The number of benzene rings is 1. The molecule has 1 heterocycles. The average molecular weight is 300 g/mol. The summed E-state index contributed by atoms with van der Waals surface area (Å²) in [6.45, 7) is 6.05. The first-order chi connectivity index (χ1) is 10.4. The van der Waals surface area contributed by atoms with Gasteiger partial charge in [-0.1, -0.05) is 6.92 Å². The van der Waals surface area contributed by atoms with Crippen LogP contribution in [0.3, 0.4) is 0 Å². The molecule has 1 aromatic carbocycles. The molecule has 0 radical (unpaired) electrons.